The summed E-state index contributed by atoms with van der Waals surface area (Å²) in [4.78, 5) is 28.0. The van der Waals surface area contributed by atoms with Crippen molar-refractivity contribution in [1.82, 2.24) is 24.5 Å². The number of nitrogens with one attached hydrogen (secondary N) is 3. The molecule has 0 saturated carbocycles. The largest absolute Gasteiger partial charge is 0.326 e. The number of nitrogens with zero attached hydrogens (tertiary/aromatic N) is 2. The zero-order valence-electron chi connectivity index (χ0n) is 18.2. The molecule has 0 saturated heterocycles. The van der Waals surface area contributed by atoms with E-state index in [2.05, 4.69) is 20.2 Å². The molecular weight excluding hydrogens is 442 g/mol. The lowest BCUT2D eigenvalue weighted by Crippen LogP contribution is -2.28. The topological polar surface area (TPSA) is 132 Å². The normalized spacial score (nSPS) is 11.9. The number of aromatic nitrogens is 4. The second kappa shape index (κ2) is 9.55. The molecule has 0 aliphatic carbocycles. The van der Waals surface area contributed by atoms with Gasteiger partial charge in [-0.25, -0.2) is 17.5 Å². The summed E-state index contributed by atoms with van der Waals surface area (Å²) in [6.45, 7) is 0.362. The van der Waals surface area contributed by atoms with Gasteiger partial charge in [0.1, 0.15) is 0 Å². The summed E-state index contributed by atoms with van der Waals surface area (Å²) in [5.74, 6) is 0. The smallest absolute Gasteiger partial charge is 0.307 e. The Labute approximate surface area is 190 Å². The average molecular weight is 468 g/mol. The number of rotatable bonds is 9. The molecule has 4 rings (SSSR count). The number of H-pyrrole nitrogens is 3. The van der Waals surface area contributed by atoms with E-state index in [4.69, 9.17) is 0 Å². The van der Waals surface area contributed by atoms with Crippen LogP contribution >= 0.6 is 0 Å². The molecule has 2 heterocycles. The van der Waals surface area contributed by atoms with Crippen LogP contribution in [0, 0.1) is 0 Å². The van der Waals surface area contributed by atoms with E-state index in [0.717, 1.165) is 36.2 Å². The van der Waals surface area contributed by atoms with Crippen molar-refractivity contribution >= 4 is 20.9 Å². The van der Waals surface area contributed by atoms with Crippen LogP contribution in [0.5, 0.6) is 0 Å². The minimum atomic E-state index is -3.75. The van der Waals surface area contributed by atoms with Crippen molar-refractivity contribution in [1.29, 1.82) is 0 Å². The van der Waals surface area contributed by atoms with E-state index in [1.807, 2.05) is 36.4 Å². The lowest BCUT2D eigenvalue weighted by molar-refractivity contribution is 0.452. The van der Waals surface area contributed by atoms with Gasteiger partial charge in [-0.3, -0.25) is 14.9 Å². The van der Waals surface area contributed by atoms with Gasteiger partial charge in [-0.1, -0.05) is 36.8 Å². The van der Waals surface area contributed by atoms with Gasteiger partial charge in [0.25, 0.3) is 5.56 Å². The summed E-state index contributed by atoms with van der Waals surface area (Å²) < 4.78 is 27.1. The first-order chi connectivity index (χ1) is 15.8. The lowest BCUT2D eigenvalue weighted by Gasteiger charge is -2.17. The summed E-state index contributed by atoms with van der Waals surface area (Å²) in [6.07, 6.45) is 3.31. The molecule has 0 bridgehead atoms. The maximum atomic E-state index is 12.9. The fraction of sp³-hybridized carbons (Fsp3) is 0.261. The van der Waals surface area contributed by atoms with Crippen molar-refractivity contribution in [2.24, 2.45) is 0 Å². The van der Waals surface area contributed by atoms with Gasteiger partial charge in [0.15, 0.2) is 0 Å². The van der Waals surface area contributed by atoms with Gasteiger partial charge in [0.2, 0.25) is 10.0 Å². The van der Waals surface area contributed by atoms with Crippen LogP contribution in [-0.2, 0) is 16.4 Å². The first kappa shape index (κ1) is 22.7. The first-order valence-corrected chi connectivity index (χ1v) is 12.1. The minimum absolute atomic E-state index is 0.0148. The average Bonchev–Trinajstić information content (AvgIpc) is 3.28. The molecule has 3 N–H and O–H groups in total. The Bertz CT molecular complexity index is 1470. The Morgan fingerprint density at radius 2 is 1.73 bits per heavy atom. The van der Waals surface area contributed by atoms with E-state index < -0.39 is 21.3 Å². The van der Waals surface area contributed by atoms with Crippen LogP contribution in [0.25, 0.3) is 22.2 Å². The van der Waals surface area contributed by atoms with Gasteiger partial charge in [-0.2, -0.15) is 5.10 Å². The number of sulfonamides is 1. The Balaban J connectivity index is 1.31. The standard InChI is InChI=1S/C23H25N5O4S/c1-28(33(31,32)18-11-12-20-19(15-18)22(29)25-23(30)24-20)13-7-3-6-10-17-14-21(27-26-17)16-8-4-2-5-9-16/h2,4-5,8-9,11-12,14-15H,3,6-7,10,13H2,1H3,(H,26,27)(H2,24,25,29,30). The molecule has 0 unspecified atom stereocenters. The molecule has 10 heteroatoms. The molecule has 172 valence electrons. The highest BCUT2D eigenvalue weighted by Gasteiger charge is 2.21. The lowest BCUT2D eigenvalue weighted by atomic mass is 10.1. The van der Waals surface area contributed by atoms with Crippen molar-refractivity contribution in [3.8, 4) is 11.3 Å². The van der Waals surface area contributed by atoms with Crippen molar-refractivity contribution in [3.63, 3.8) is 0 Å². The summed E-state index contributed by atoms with van der Waals surface area (Å²) >= 11 is 0. The summed E-state index contributed by atoms with van der Waals surface area (Å²) in [6, 6.07) is 16.1. The van der Waals surface area contributed by atoms with E-state index in [0.29, 0.717) is 18.5 Å². The molecule has 2 aromatic heterocycles. The predicted molar refractivity (Wildman–Crippen MR) is 127 cm³/mol. The Morgan fingerprint density at radius 1 is 0.939 bits per heavy atom. The fourth-order valence-electron chi connectivity index (χ4n) is 3.68. The Hall–Kier alpha value is -3.50. The van der Waals surface area contributed by atoms with E-state index in [-0.39, 0.29) is 10.3 Å². The van der Waals surface area contributed by atoms with Gasteiger partial charge >= 0.3 is 5.69 Å². The van der Waals surface area contributed by atoms with Crippen LogP contribution in [0.4, 0.5) is 0 Å². The van der Waals surface area contributed by atoms with Gasteiger partial charge in [0.05, 0.1) is 21.5 Å². The Morgan fingerprint density at radius 3 is 2.52 bits per heavy atom. The fourth-order valence-corrected chi connectivity index (χ4v) is 4.91. The van der Waals surface area contributed by atoms with Crippen LogP contribution in [0.3, 0.4) is 0 Å². The predicted octanol–water partition coefficient (Wildman–Crippen LogP) is 2.64. The number of benzene rings is 2. The molecule has 33 heavy (non-hydrogen) atoms. The maximum absolute atomic E-state index is 12.9. The minimum Gasteiger partial charge on any atom is -0.307 e. The SMILES string of the molecule is CN(CCCCCc1cc(-c2ccccc2)n[nH]1)S(=O)(=O)c1ccc2[nH]c(=O)[nH]c(=O)c2c1. The molecule has 9 nitrogen and oxygen atoms in total. The van der Waals surface area contributed by atoms with Gasteiger partial charge in [0, 0.05) is 24.8 Å². The molecular formula is C23H25N5O4S. The third-order valence-electron chi connectivity index (χ3n) is 5.54. The molecule has 0 fully saturated rings. The van der Waals surface area contributed by atoms with Gasteiger partial charge in [-0.15, -0.1) is 0 Å². The highest BCUT2D eigenvalue weighted by atomic mass is 32.2. The van der Waals surface area contributed by atoms with Crippen molar-refractivity contribution in [3.05, 3.63) is 81.1 Å². The van der Waals surface area contributed by atoms with E-state index in [1.165, 1.54) is 29.6 Å². The Kier molecular flexibility index (Phi) is 6.57. The van der Waals surface area contributed by atoms with Crippen molar-refractivity contribution in [2.75, 3.05) is 13.6 Å². The molecule has 0 aliphatic heterocycles. The molecule has 0 spiro atoms. The molecule has 2 aromatic carbocycles. The highest BCUT2D eigenvalue weighted by Crippen LogP contribution is 2.20. The quantitative estimate of drug-likeness (QED) is 0.326. The van der Waals surface area contributed by atoms with Crippen LogP contribution < -0.4 is 11.2 Å². The molecule has 0 atom stereocenters. The summed E-state index contributed by atoms with van der Waals surface area (Å²) in [5, 5.41) is 7.54. The highest BCUT2D eigenvalue weighted by molar-refractivity contribution is 7.89. The first-order valence-electron chi connectivity index (χ1n) is 10.7. The van der Waals surface area contributed by atoms with Crippen LogP contribution in [0.2, 0.25) is 0 Å². The van der Waals surface area contributed by atoms with Gasteiger partial charge in [-0.05, 0) is 43.5 Å². The van der Waals surface area contributed by atoms with E-state index in [9.17, 15) is 18.0 Å². The molecule has 0 amide bonds. The molecule has 0 aliphatic rings. The number of hydrogen-bond acceptors (Lipinski definition) is 5. The van der Waals surface area contributed by atoms with Crippen LogP contribution in [0.15, 0.2) is 69.1 Å². The van der Waals surface area contributed by atoms with E-state index in [1.54, 1.807) is 0 Å². The monoisotopic (exact) mass is 467 g/mol. The van der Waals surface area contributed by atoms with Crippen molar-refractivity contribution in [2.45, 2.75) is 30.6 Å². The maximum Gasteiger partial charge on any atom is 0.326 e. The van der Waals surface area contributed by atoms with E-state index >= 15 is 0 Å². The molecule has 4 aromatic rings. The number of fused-ring (bicyclic) bond motifs is 1. The second-order valence-electron chi connectivity index (χ2n) is 7.90. The number of hydrogen-bond donors (Lipinski definition) is 3. The number of unbranched alkanes of at least 4 members (excludes halogenated alkanes) is 2. The zero-order valence-corrected chi connectivity index (χ0v) is 19.0. The summed E-state index contributed by atoms with van der Waals surface area (Å²) in [5.41, 5.74) is 2.06. The summed E-state index contributed by atoms with van der Waals surface area (Å²) in [7, 11) is -2.23. The zero-order chi connectivity index (χ0) is 23.4. The third kappa shape index (κ3) is 5.12. The van der Waals surface area contributed by atoms with Gasteiger partial charge < -0.3 is 4.98 Å². The van der Waals surface area contributed by atoms with Crippen molar-refractivity contribution < 1.29 is 8.42 Å². The molecule has 0 radical (unpaired) electrons. The number of aromatic amines is 3. The number of aryl methyl sites for hydroxylation is 1. The van der Waals surface area contributed by atoms with Crippen LogP contribution in [-0.4, -0.2) is 46.5 Å². The third-order valence-corrected chi connectivity index (χ3v) is 7.39. The van der Waals surface area contributed by atoms with Crippen LogP contribution in [0.1, 0.15) is 25.0 Å². The second-order valence-corrected chi connectivity index (χ2v) is 9.94.